The van der Waals surface area contributed by atoms with Gasteiger partial charge in [-0.05, 0) is 18.4 Å². The fourth-order valence-electron chi connectivity index (χ4n) is 0.733. The SMILES string of the molecule is [B][C@@H](C)C(C)C(C)CN. The number of rotatable bonds is 3. The maximum atomic E-state index is 5.66. The summed E-state index contributed by atoms with van der Waals surface area (Å²) in [5.41, 5.74) is 5.46. The lowest BCUT2D eigenvalue weighted by Crippen LogP contribution is -2.20. The Balaban J connectivity index is 3.58. The fraction of sp³-hybridized carbons (Fsp3) is 1.00. The van der Waals surface area contributed by atoms with Crippen LogP contribution in [0.5, 0.6) is 0 Å². The molecule has 0 heterocycles. The predicted octanol–water partition coefficient (Wildman–Crippen LogP) is 1.19. The lowest BCUT2D eigenvalue weighted by atomic mass is 9.73. The van der Waals surface area contributed by atoms with E-state index in [4.69, 9.17) is 13.6 Å². The highest BCUT2D eigenvalue weighted by atomic mass is 14.5. The van der Waals surface area contributed by atoms with Gasteiger partial charge in [0.25, 0.3) is 0 Å². The average molecular weight is 125 g/mol. The quantitative estimate of drug-likeness (QED) is 0.563. The van der Waals surface area contributed by atoms with Gasteiger partial charge in [-0.25, -0.2) is 0 Å². The lowest BCUT2D eigenvalue weighted by Gasteiger charge is -2.21. The third-order valence-corrected chi connectivity index (χ3v) is 2.10. The number of nitrogens with two attached hydrogens (primary N) is 1. The van der Waals surface area contributed by atoms with E-state index in [1.54, 1.807) is 0 Å². The average Bonchev–Trinajstić information content (AvgIpc) is 1.84. The normalized spacial score (nSPS) is 20.9. The Labute approximate surface area is 59.4 Å². The molecule has 0 saturated carbocycles. The van der Waals surface area contributed by atoms with Crippen molar-refractivity contribution in [3.8, 4) is 0 Å². The van der Waals surface area contributed by atoms with Gasteiger partial charge in [0.1, 0.15) is 0 Å². The van der Waals surface area contributed by atoms with Crippen LogP contribution in [-0.2, 0) is 0 Å². The van der Waals surface area contributed by atoms with Crippen molar-refractivity contribution in [2.45, 2.75) is 26.6 Å². The minimum absolute atomic E-state index is 0.267. The molecule has 0 spiro atoms. The standard InChI is InChI=1S/C7H16BN/c1-5(4-9)6(2)7(3)8/h5-7H,4,9H2,1-3H3/t5?,6?,7-/m0/s1. The van der Waals surface area contributed by atoms with Gasteiger partial charge in [0.05, 0.1) is 7.85 Å². The van der Waals surface area contributed by atoms with Crippen LogP contribution in [0.15, 0.2) is 0 Å². The van der Waals surface area contributed by atoms with Crippen molar-refractivity contribution in [2.75, 3.05) is 6.54 Å². The summed E-state index contributed by atoms with van der Waals surface area (Å²) in [4.78, 5) is 0. The van der Waals surface area contributed by atoms with Crippen LogP contribution < -0.4 is 5.73 Å². The van der Waals surface area contributed by atoms with Crippen LogP contribution in [0, 0.1) is 11.8 Å². The van der Waals surface area contributed by atoms with Gasteiger partial charge in [-0.2, -0.15) is 0 Å². The first-order valence-corrected chi connectivity index (χ1v) is 3.55. The highest BCUT2D eigenvalue weighted by molar-refractivity contribution is 6.11. The van der Waals surface area contributed by atoms with Crippen molar-refractivity contribution in [3.05, 3.63) is 0 Å². The smallest absolute Gasteiger partial charge is 0.0699 e. The van der Waals surface area contributed by atoms with Crippen LogP contribution in [0.2, 0.25) is 5.82 Å². The second-order valence-electron chi connectivity index (χ2n) is 2.93. The molecule has 2 heteroatoms. The molecule has 0 aromatic rings. The molecule has 1 nitrogen and oxygen atoms in total. The number of hydrogen-bond donors (Lipinski definition) is 1. The van der Waals surface area contributed by atoms with Crippen LogP contribution in [0.4, 0.5) is 0 Å². The monoisotopic (exact) mass is 125 g/mol. The van der Waals surface area contributed by atoms with Crippen molar-refractivity contribution >= 4 is 7.85 Å². The molecule has 0 aliphatic rings. The summed E-state index contributed by atoms with van der Waals surface area (Å²) in [6.45, 7) is 7.04. The molecule has 2 unspecified atom stereocenters. The summed E-state index contributed by atoms with van der Waals surface area (Å²) in [7, 11) is 5.66. The van der Waals surface area contributed by atoms with Crippen molar-refractivity contribution in [1.29, 1.82) is 0 Å². The van der Waals surface area contributed by atoms with E-state index in [2.05, 4.69) is 13.8 Å². The Morgan fingerprint density at radius 1 is 1.33 bits per heavy atom. The van der Waals surface area contributed by atoms with E-state index in [0.717, 1.165) is 6.54 Å². The van der Waals surface area contributed by atoms with E-state index in [9.17, 15) is 0 Å². The van der Waals surface area contributed by atoms with Gasteiger partial charge in [-0.1, -0.05) is 26.6 Å². The summed E-state index contributed by atoms with van der Waals surface area (Å²) in [6, 6.07) is 0. The van der Waals surface area contributed by atoms with Crippen LogP contribution in [0.25, 0.3) is 0 Å². The van der Waals surface area contributed by atoms with Crippen LogP contribution in [0.1, 0.15) is 20.8 Å². The molecule has 0 aliphatic heterocycles. The molecule has 0 saturated heterocycles. The molecule has 0 fully saturated rings. The van der Waals surface area contributed by atoms with Crippen molar-refractivity contribution in [1.82, 2.24) is 0 Å². The molecular weight excluding hydrogens is 109 g/mol. The second-order valence-corrected chi connectivity index (χ2v) is 2.93. The minimum atomic E-state index is 0.267. The van der Waals surface area contributed by atoms with Gasteiger partial charge in [-0.15, -0.1) is 0 Å². The van der Waals surface area contributed by atoms with Crippen LogP contribution in [-0.4, -0.2) is 14.4 Å². The van der Waals surface area contributed by atoms with E-state index in [0.29, 0.717) is 11.8 Å². The van der Waals surface area contributed by atoms with Gasteiger partial charge >= 0.3 is 0 Å². The topological polar surface area (TPSA) is 26.0 Å². The van der Waals surface area contributed by atoms with Crippen molar-refractivity contribution < 1.29 is 0 Å². The molecule has 0 aromatic heterocycles. The molecule has 0 rings (SSSR count). The maximum Gasteiger partial charge on any atom is 0.0699 e. The summed E-state index contributed by atoms with van der Waals surface area (Å²) in [5.74, 6) is 1.35. The van der Waals surface area contributed by atoms with Gasteiger partial charge in [0.2, 0.25) is 0 Å². The van der Waals surface area contributed by atoms with Crippen molar-refractivity contribution in [2.24, 2.45) is 17.6 Å². The summed E-state index contributed by atoms with van der Waals surface area (Å²) in [5, 5.41) is 0. The van der Waals surface area contributed by atoms with E-state index >= 15 is 0 Å². The Morgan fingerprint density at radius 3 is 1.89 bits per heavy atom. The van der Waals surface area contributed by atoms with E-state index < -0.39 is 0 Å². The minimum Gasteiger partial charge on any atom is -0.330 e. The van der Waals surface area contributed by atoms with Crippen LogP contribution in [0.3, 0.4) is 0 Å². The molecule has 0 amide bonds. The molecule has 0 aromatic carbocycles. The van der Waals surface area contributed by atoms with E-state index in [1.807, 2.05) is 6.92 Å². The third-order valence-electron chi connectivity index (χ3n) is 2.10. The van der Waals surface area contributed by atoms with Crippen LogP contribution >= 0.6 is 0 Å². The summed E-state index contributed by atoms with van der Waals surface area (Å²) < 4.78 is 0. The maximum absolute atomic E-state index is 5.66. The van der Waals surface area contributed by atoms with Crippen molar-refractivity contribution in [3.63, 3.8) is 0 Å². The van der Waals surface area contributed by atoms with E-state index in [1.165, 1.54) is 0 Å². The Bertz CT molecular complexity index is 73.3. The first-order valence-electron chi connectivity index (χ1n) is 3.55. The zero-order chi connectivity index (χ0) is 7.44. The second kappa shape index (κ2) is 3.94. The summed E-state index contributed by atoms with van der Waals surface area (Å²) >= 11 is 0. The summed E-state index contributed by atoms with van der Waals surface area (Å²) in [6.07, 6.45) is 0. The molecule has 3 atom stereocenters. The highest BCUT2D eigenvalue weighted by Gasteiger charge is 2.12. The largest absolute Gasteiger partial charge is 0.330 e. The molecule has 0 aliphatic carbocycles. The molecule has 2 N–H and O–H groups in total. The molecule has 2 radical (unpaired) electrons. The third kappa shape index (κ3) is 2.90. The van der Waals surface area contributed by atoms with Gasteiger partial charge < -0.3 is 5.73 Å². The Morgan fingerprint density at radius 2 is 1.78 bits per heavy atom. The first-order chi connectivity index (χ1) is 4.09. The van der Waals surface area contributed by atoms with Gasteiger partial charge in [0.15, 0.2) is 0 Å². The molecule has 52 valence electrons. The van der Waals surface area contributed by atoms with Gasteiger partial charge in [0, 0.05) is 0 Å². The highest BCUT2D eigenvalue weighted by Crippen LogP contribution is 2.20. The van der Waals surface area contributed by atoms with E-state index in [-0.39, 0.29) is 5.82 Å². The number of hydrogen-bond acceptors (Lipinski definition) is 1. The zero-order valence-electron chi connectivity index (χ0n) is 6.59. The van der Waals surface area contributed by atoms with Gasteiger partial charge in [-0.3, -0.25) is 0 Å². The Hall–Kier alpha value is 0.0249. The Kier molecular flexibility index (Phi) is 3.95. The first kappa shape index (κ1) is 9.02. The lowest BCUT2D eigenvalue weighted by molar-refractivity contribution is 0.386. The molecule has 9 heavy (non-hydrogen) atoms. The molecular formula is C7H16BN. The molecule has 0 bridgehead atoms. The zero-order valence-corrected chi connectivity index (χ0v) is 6.59. The predicted molar refractivity (Wildman–Crippen MR) is 42.6 cm³/mol. The fourth-order valence-corrected chi connectivity index (χ4v) is 0.733.